The van der Waals surface area contributed by atoms with Crippen LogP contribution >= 0.6 is 0 Å². The van der Waals surface area contributed by atoms with Crippen molar-refractivity contribution in [2.45, 2.75) is 13.3 Å². The van der Waals surface area contributed by atoms with E-state index in [0.29, 0.717) is 5.69 Å². The minimum atomic E-state index is -1.68. The molecule has 0 bridgehead atoms. The predicted molar refractivity (Wildman–Crippen MR) is 63.2 cm³/mol. The van der Waals surface area contributed by atoms with Gasteiger partial charge in [0.05, 0.1) is 0 Å². The van der Waals surface area contributed by atoms with Crippen LogP contribution in [0.2, 0.25) is 0 Å². The lowest BCUT2D eigenvalue weighted by Gasteiger charge is -2.20. The number of nitrogens with zero attached hydrogens (tertiary/aromatic N) is 1. The molecule has 0 spiro atoms. The van der Waals surface area contributed by atoms with E-state index in [4.69, 9.17) is 5.11 Å². The molecule has 0 saturated carbocycles. The van der Waals surface area contributed by atoms with Gasteiger partial charge >= 0.3 is 12.1 Å². The van der Waals surface area contributed by atoms with Crippen LogP contribution in [0.1, 0.15) is 13.3 Å². The van der Waals surface area contributed by atoms with Crippen molar-refractivity contribution in [3.63, 3.8) is 0 Å². The van der Waals surface area contributed by atoms with Crippen molar-refractivity contribution in [1.29, 1.82) is 0 Å². The molecule has 0 atom stereocenters. The Bertz CT molecular complexity index is 443. The number of esters is 1. The first-order chi connectivity index (χ1) is 8.54. The molecule has 6 nitrogen and oxygen atoms in total. The molecule has 0 aliphatic heterocycles. The van der Waals surface area contributed by atoms with E-state index in [2.05, 4.69) is 4.74 Å². The molecule has 0 aliphatic carbocycles. The van der Waals surface area contributed by atoms with E-state index in [1.807, 2.05) is 0 Å². The molecule has 1 amide bonds. The second kappa shape index (κ2) is 6.39. The van der Waals surface area contributed by atoms with Crippen LogP contribution < -0.4 is 4.90 Å². The molecule has 0 saturated heterocycles. The first kappa shape index (κ1) is 13.7. The lowest BCUT2D eigenvalue weighted by molar-refractivity contribution is -0.138. The van der Waals surface area contributed by atoms with Crippen molar-refractivity contribution < 1.29 is 24.2 Å². The Morgan fingerprint density at radius 3 is 2.33 bits per heavy atom. The van der Waals surface area contributed by atoms with Crippen molar-refractivity contribution >= 4 is 23.7 Å². The van der Waals surface area contributed by atoms with Gasteiger partial charge in [0.1, 0.15) is 6.54 Å². The van der Waals surface area contributed by atoms with Crippen molar-refractivity contribution in [1.82, 2.24) is 0 Å². The molecular formula is C12H13NO5. The molecule has 0 aromatic heterocycles. The van der Waals surface area contributed by atoms with Crippen molar-refractivity contribution in [3.05, 3.63) is 30.3 Å². The Balaban J connectivity index is 2.84. The largest absolute Gasteiger partial charge is 0.513 e. The SMILES string of the molecule is CCC(=O)N(CC(=O)OC(=O)O)c1ccccc1. The summed E-state index contributed by atoms with van der Waals surface area (Å²) in [7, 11) is 0. The number of benzene rings is 1. The molecule has 1 aromatic rings. The van der Waals surface area contributed by atoms with Gasteiger partial charge in [-0.15, -0.1) is 0 Å². The number of ether oxygens (including phenoxy) is 1. The van der Waals surface area contributed by atoms with Crippen LogP contribution in [0, 0.1) is 0 Å². The number of rotatable bonds is 4. The molecule has 0 aliphatic rings. The maximum atomic E-state index is 11.7. The lowest BCUT2D eigenvalue weighted by atomic mass is 10.2. The molecule has 0 unspecified atom stereocenters. The quantitative estimate of drug-likeness (QED) is 0.649. The molecule has 0 heterocycles. The number of carbonyl (C=O) groups excluding carboxylic acids is 2. The Labute approximate surface area is 104 Å². The zero-order valence-corrected chi connectivity index (χ0v) is 9.83. The highest BCUT2D eigenvalue weighted by molar-refractivity contribution is 5.98. The van der Waals surface area contributed by atoms with Crippen LogP contribution in [-0.4, -0.2) is 29.7 Å². The summed E-state index contributed by atoms with van der Waals surface area (Å²) in [4.78, 5) is 34.4. The van der Waals surface area contributed by atoms with E-state index < -0.39 is 18.7 Å². The van der Waals surface area contributed by atoms with Gasteiger partial charge in [0.2, 0.25) is 5.91 Å². The number of para-hydroxylation sites is 1. The number of amides is 1. The normalized spacial score (nSPS) is 9.61. The van der Waals surface area contributed by atoms with E-state index in [1.165, 1.54) is 4.90 Å². The highest BCUT2D eigenvalue weighted by Gasteiger charge is 2.19. The summed E-state index contributed by atoms with van der Waals surface area (Å²) in [6.45, 7) is 1.23. The highest BCUT2D eigenvalue weighted by atomic mass is 16.7. The van der Waals surface area contributed by atoms with Gasteiger partial charge in [-0.25, -0.2) is 9.59 Å². The fraction of sp³-hybridized carbons (Fsp3) is 0.250. The molecule has 1 aromatic carbocycles. The smallest absolute Gasteiger partial charge is 0.449 e. The number of anilines is 1. The van der Waals surface area contributed by atoms with Gasteiger partial charge in [0.25, 0.3) is 0 Å². The Morgan fingerprint density at radius 1 is 1.22 bits per heavy atom. The summed E-state index contributed by atoms with van der Waals surface area (Å²) in [5.41, 5.74) is 0.520. The van der Waals surface area contributed by atoms with Crippen molar-refractivity contribution in [2.75, 3.05) is 11.4 Å². The molecule has 18 heavy (non-hydrogen) atoms. The van der Waals surface area contributed by atoms with Crippen LogP contribution in [0.25, 0.3) is 0 Å². The summed E-state index contributed by atoms with van der Waals surface area (Å²) < 4.78 is 3.98. The van der Waals surface area contributed by atoms with Gasteiger partial charge in [-0.1, -0.05) is 25.1 Å². The summed E-state index contributed by atoms with van der Waals surface area (Å²) in [6.07, 6.45) is -1.48. The second-order valence-corrected chi connectivity index (χ2v) is 3.41. The molecule has 6 heteroatoms. The average Bonchev–Trinajstić information content (AvgIpc) is 2.35. The van der Waals surface area contributed by atoms with E-state index in [9.17, 15) is 14.4 Å². The third-order valence-corrected chi connectivity index (χ3v) is 2.16. The van der Waals surface area contributed by atoms with Gasteiger partial charge in [-0.2, -0.15) is 0 Å². The van der Waals surface area contributed by atoms with E-state index in [1.54, 1.807) is 37.3 Å². The molecular weight excluding hydrogens is 238 g/mol. The maximum absolute atomic E-state index is 11.7. The topological polar surface area (TPSA) is 83.9 Å². The standard InChI is InChI=1S/C12H13NO5/c1-2-10(14)13(8-11(15)18-12(16)17)9-6-4-3-5-7-9/h3-7H,2,8H2,1H3,(H,16,17). The van der Waals surface area contributed by atoms with Gasteiger partial charge in [-0.05, 0) is 12.1 Å². The third-order valence-electron chi connectivity index (χ3n) is 2.16. The van der Waals surface area contributed by atoms with Gasteiger partial charge in [0.15, 0.2) is 0 Å². The van der Waals surface area contributed by atoms with Gasteiger partial charge < -0.3 is 14.7 Å². The van der Waals surface area contributed by atoms with Crippen molar-refractivity contribution in [3.8, 4) is 0 Å². The number of hydrogen-bond donors (Lipinski definition) is 1. The van der Waals surface area contributed by atoms with Crippen LogP contribution in [0.3, 0.4) is 0 Å². The minimum absolute atomic E-state index is 0.204. The van der Waals surface area contributed by atoms with E-state index in [-0.39, 0.29) is 12.3 Å². The molecule has 1 rings (SSSR count). The minimum Gasteiger partial charge on any atom is -0.449 e. The van der Waals surface area contributed by atoms with Crippen LogP contribution in [0.4, 0.5) is 10.5 Å². The zero-order chi connectivity index (χ0) is 13.5. The number of hydrogen-bond acceptors (Lipinski definition) is 4. The Morgan fingerprint density at radius 2 is 1.83 bits per heavy atom. The summed E-state index contributed by atoms with van der Waals surface area (Å²) in [5, 5.41) is 8.32. The molecule has 96 valence electrons. The second-order valence-electron chi connectivity index (χ2n) is 3.41. The summed E-state index contributed by atoms with van der Waals surface area (Å²) in [5.74, 6) is -1.28. The fourth-order valence-corrected chi connectivity index (χ4v) is 1.38. The van der Waals surface area contributed by atoms with E-state index in [0.717, 1.165) is 0 Å². The number of carbonyl (C=O) groups is 3. The summed E-state index contributed by atoms with van der Waals surface area (Å²) >= 11 is 0. The third kappa shape index (κ3) is 3.89. The van der Waals surface area contributed by atoms with Crippen LogP contribution in [-0.2, 0) is 14.3 Å². The molecule has 0 fully saturated rings. The lowest BCUT2D eigenvalue weighted by Crippen LogP contribution is -2.36. The monoisotopic (exact) mass is 251 g/mol. The highest BCUT2D eigenvalue weighted by Crippen LogP contribution is 2.14. The zero-order valence-electron chi connectivity index (χ0n) is 9.83. The first-order valence-electron chi connectivity index (χ1n) is 5.33. The molecule has 1 N–H and O–H groups in total. The van der Waals surface area contributed by atoms with Gasteiger partial charge in [0, 0.05) is 12.1 Å². The number of carboxylic acid groups (broad SMARTS) is 1. The van der Waals surface area contributed by atoms with Gasteiger partial charge in [-0.3, -0.25) is 4.79 Å². The predicted octanol–water partition coefficient (Wildman–Crippen LogP) is 1.65. The fourth-order valence-electron chi connectivity index (χ4n) is 1.38. The van der Waals surface area contributed by atoms with Crippen LogP contribution in [0.15, 0.2) is 30.3 Å². The average molecular weight is 251 g/mol. The molecule has 0 radical (unpaired) electrons. The van der Waals surface area contributed by atoms with E-state index >= 15 is 0 Å². The maximum Gasteiger partial charge on any atom is 0.513 e. The first-order valence-corrected chi connectivity index (χ1v) is 5.33. The Kier molecular flexibility index (Phi) is 4.86. The van der Waals surface area contributed by atoms with Crippen molar-refractivity contribution in [2.24, 2.45) is 0 Å². The Hall–Kier alpha value is -2.37. The van der Waals surface area contributed by atoms with Crippen LogP contribution in [0.5, 0.6) is 0 Å². The summed E-state index contributed by atoms with van der Waals surface area (Å²) in [6, 6.07) is 8.51.